The Labute approximate surface area is 174 Å². The molecule has 0 N–H and O–H groups in total. The molecule has 154 valence electrons. The van der Waals surface area contributed by atoms with Crippen molar-refractivity contribution in [2.45, 2.75) is 0 Å². The lowest BCUT2D eigenvalue weighted by molar-refractivity contribution is 0.0693. The Morgan fingerprint density at radius 2 is 1.71 bits per heavy atom. The molecule has 7 nitrogen and oxygen atoms in total. The molecule has 0 fully saturated rings. The van der Waals surface area contributed by atoms with E-state index in [1.54, 1.807) is 31.4 Å². The zero-order valence-electron chi connectivity index (χ0n) is 16.4. The second-order valence-corrected chi connectivity index (χ2v) is 7.00. The van der Waals surface area contributed by atoms with Gasteiger partial charge < -0.3 is 4.74 Å². The first-order valence-corrected chi connectivity index (χ1v) is 9.24. The van der Waals surface area contributed by atoms with Crippen molar-refractivity contribution in [3.05, 3.63) is 71.4 Å². The van der Waals surface area contributed by atoms with E-state index in [-0.39, 0.29) is 22.5 Å². The van der Waals surface area contributed by atoms with Gasteiger partial charge in [-0.05, 0) is 36.4 Å². The Morgan fingerprint density at radius 1 is 0.968 bits per heavy atom. The molecule has 1 aliphatic heterocycles. The van der Waals surface area contributed by atoms with Crippen molar-refractivity contribution in [1.29, 1.82) is 0 Å². The first kappa shape index (κ1) is 18.9. The van der Waals surface area contributed by atoms with Crippen LogP contribution in [0.15, 0.2) is 48.7 Å². The van der Waals surface area contributed by atoms with Crippen molar-refractivity contribution in [2.75, 3.05) is 14.2 Å². The maximum atomic E-state index is 13.9. The number of imide groups is 1. The molecule has 0 atom stereocenters. The average molecular weight is 420 g/mol. The summed E-state index contributed by atoms with van der Waals surface area (Å²) in [4.78, 5) is 30.7. The second-order valence-electron chi connectivity index (χ2n) is 7.00. The zero-order valence-corrected chi connectivity index (χ0v) is 16.4. The molecule has 9 heteroatoms. The number of carbonyl (C=O) groups excluding carboxylic acids is 2. The van der Waals surface area contributed by atoms with E-state index in [1.807, 2.05) is 0 Å². The summed E-state index contributed by atoms with van der Waals surface area (Å²) >= 11 is 0. The third-order valence-electron chi connectivity index (χ3n) is 5.26. The second kappa shape index (κ2) is 6.69. The van der Waals surface area contributed by atoms with Crippen LogP contribution in [0.2, 0.25) is 0 Å². The highest BCUT2D eigenvalue weighted by atomic mass is 19.2. The van der Waals surface area contributed by atoms with Gasteiger partial charge in [0.15, 0.2) is 17.3 Å². The number of nitrogens with zero attached hydrogens (tertiary/aromatic N) is 4. The van der Waals surface area contributed by atoms with Crippen LogP contribution in [0.1, 0.15) is 20.7 Å². The summed E-state index contributed by atoms with van der Waals surface area (Å²) in [6.45, 7) is 0. The van der Waals surface area contributed by atoms with Crippen LogP contribution in [-0.2, 0) is 0 Å². The summed E-state index contributed by atoms with van der Waals surface area (Å²) in [6.07, 6.45) is 1.30. The van der Waals surface area contributed by atoms with Gasteiger partial charge in [-0.2, -0.15) is 5.10 Å². The van der Waals surface area contributed by atoms with Crippen LogP contribution in [0, 0.1) is 11.6 Å². The number of amides is 2. The fourth-order valence-corrected chi connectivity index (χ4v) is 3.66. The van der Waals surface area contributed by atoms with Gasteiger partial charge in [-0.25, -0.2) is 18.4 Å². The summed E-state index contributed by atoms with van der Waals surface area (Å²) in [5.41, 5.74) is 1.82. The number of hydrogen-bond acceptors (Lipinski definition) is 5. The molecule has 3 heterocycles. The minimum atomic E-state index is -1.04. The Hall–Kier alpha value is -4.14. The molecular formula is C22H14F2N4O3. The molecule has 0 unspecified atom stereocenters. The van der Waals surface area contributed by atoms with E-state index in [2.05, 4.69) is 10.1 Å². The van der Waals surface area contributed by atoms with Crippen LogP contribution in [0.4, 0.5) is 8.78 Å². The SMILES string of the molecule is COc1ccc(-c2nn(-c3ccc(F)c(F)c3)c3ncc4c(c23)C(=O)N(C)C4=O)cc1. The monoisotopic (exact) mass is 420 g/mol. The maximum Gasteiger partial charge on any atom is 0.262 e. The first-order valence-electron chi connectivity index (χ1n) is 9.24. The van der Waals surface area contributed by atoms with Crippen LogP contribution in [0.5, 0.6) is 5.75 Å². The highest BCUT2D eigenvalue weighted by Gasteiger charge is 2.37. The van der Waals surface area contributed by atoms with Crippen molar-refractivity contribution in [3.8, 4) is 22.7 Å². The molecule has 0 radical (unpaired) electrons. The number of halogens is 2. The summed E-state index contributed by atoms with van der Waals surface area (Å²) in [6, 6.07) is 10.3. The molecule has 0 bridgehead atoms. The number of ether oxygens (including phenoxy) is 1. The summed E-state index contributed by atoms with van der Waals surface area (Å²) in [5, 5.41) is 4.92. The van der Waals surface area contributed by atoms with Crippen LogP contribution in [0.3, 0.4) is 0 Å². The normalized spacial score (nSPS) is 13.2. The smallest absolute Gasteiger partial charge is 0.262 e. The third kappa shape index (κ3) is 2.70. The highest BCUT2D eigenvalue weighted by molar-refractivity contribution is 6.27. The standard InChI is InChI=1S/C22H14F2N4O3/c1-27-21(29)14-10-25-20-18(17(14)22(27)30)19(11-3-6-13(31-2)7-4-11)26-28(20)12-5-8-15(23)16(24)9-12/h3-10H,1-2H3. The lowest BCUT2D eigenvalue weighted by atomic mass is 10.0. The largest absolute Gasteiger partial charge is 0.497 e. The van der Waals surface area contributed by atoms with Crippen LogP contribution >= 0.6 is 0 Å². The number of rotatable bonds is 3. The number of benzene rings is 2. The minimum absolute atomic E-state index is 0.166. The molecule has 2 aromatic heterocycles. The molecule has 5 rings (SSSR count). The van der Waals surface area contributed by atoms with Gasteiger partial charge in [-0.3, -0.25) is 14.5 Å². The molecule has 0 saturated heterocycles. The van der Waals surface area contributed by atoms with Gasteiger partial charge in [0, 0.05) is 24.9 Å². The average Bonchev–Trinajstić information content (AvgIpc) is 3.27. The van der Waals surface area contributed by atoms with Crippen molar-refractivity contribution in [1.82, 2.24) is 19.7 Å². The number of carbonyl (C=O) groups is 2. The zero-order chi connectivity index (χ0) is 21.9. The van der Waals surface area contributed by atoms with Gasteiger partial charge in [0.05, 0.1) is 29.3 Å². The number of methoxy groups -OCH3 is 1. The van der Waals surface area contributed by atoms with Gasteiger partial charge in [0.25, 0.3) is 11.8 Å². The molecule has 4 aromatic rings. The summed E-state index contributed by atoms with van der Waals surface area (Å²) in [5.74, 6) is -2.35. The van der Waals surface area contributed by atoms with E-state index in [0.29, 0.717) is 22.4 Å². The Bertz CT molecular complexity index is 1400. The molecule has 0 aliphatic carbocycles. The number of fused-ring (bicyclic) bond motifs is 3. The number of pyridine rings is 1. The van der Waals surface area contributed by atoms with Gasteiger partial charge in [-0.15, -0.1) is 0 Å². The predicted molar refractivity (Wildman–Crippen MR) is 107 cm³/mol. The molecule has 2 aromatic carbocycles. The first-order chi connectivity index (χ1) is 14.9. The molecule has 31 heavy (non-hydrogen) atoms. The fraction of sp³-hybridized carbons (Fsp3) is 0.0909. The Kier molecular flexibility index (Phi) is 4.07. The molecule has 0 spiro atoms. The lowest BCUT2D eigenvalue weighted by Crippen LogP contribution is -2.24. The van der Waals surface area contributed by atoms with Crippen molar-refractivity contribution in [3.63, 3.8) is 0 Å². The summed E-state index contributed by atoms with van der Waals surface area (Å²) in [7, 11) is 2.93. The van der Waals surface area contributed by atoms with E-state index in [0.717, 1.165) is 17.0 Å². The third-order valence-corrected chi connectivity index (χ3v) is 5.26. The van der Waals surface area contributed by atoms with Gasteiger partial charge in [0.1, 0.15) is 11.4 Å². The van der Waals surface area contributed by atoms with Gasteiger partial charge in [-0.1, -0.05) is 0 Å². The van der Waals surface area contributed by atoms with Crippen LogP contribution in [0.25, 0.3) is 28.0 Å². The fourth-order valence-electron chi connectivity index (χ4n) is 3.66. The van der Waals surface area contributed by atoms with E-state index in [1.165, 1.54) is 24.0 Å². The van der Waals surface area contributed by atoms with Crippen molar-refractivity contribution >= 4 is 22.8 Å². The van der Waals surface area contributed by atoms with Gasteiger partial charge >= 0.3 is 0 Å². The van der Waals surface area contributed by atoms with Crippen LogP contribution < -0.4 is 4.74 Å². The summed E-state index contributed by atoms with van der Waals surface area (Å²) < 4.78 is 33.9. The van der Waals surface area contributed by atoms with E-state index >= 15 is 0 Å². The van der Waals surface area contributed by atoms with E-state index in [4.69, 9.17) is 4.74 Å². The van der Waals surface area contributed by atoms with Crippen molar-refractivity contribution < 1.29 is 23.1 Å². The molecular weight excluding hydrogens is 406 g/mol. The quantitative estimate of drug-likeness (QED) is 0.474. The lowest BCUT2D eigenvalue weighted by Gasteiger charge is -2.04. The Morgan fingerprint density at radius 3 is 2.39 bits per heavy atom. The van der Waals surface area contributed by atoms with E-state index in [9.17, 15) is 18.4 Å². The van der Waals surface area contributed by atoms with E-state index < -0.39 is 23.4 Å². The minimum Gasteiger partial charge on any atom is -0.497 e. The molecule has 1 aliphatic rings. The maximum absolute atomic E-state index is 13.9. The molecule has 0 saturated carbocycles. The van der Waals surface area contributed by atoms with Crippen LogP contribution in [-0.4, -0.2) is 45.6 Å². The van der Waals surface area contributed by atoms with Gasteiger partial charge in [0.2, 0.25) is 0 Å². The van der Waals surface area contributed by atoms with Crippen molar-refractivity contribution in [2.24, 2.45) is 0 Å². The number of hydrogen-bond donors (Lipinski definition) is 0. The number of aromatic nitrogens is 3. The molecule has 2 amide bonds. The Balaban J connectivity index is 1.85. The highest BCUT2D eigenvalue weighted by Crippen LogP contribution is 2.36. The topological polar surface area (TPSA) is 77.3 Å². The predicted octanol–water partition coefficient (Wildman–Crippen LogP) is 3.60.